The number of pyridine rings is 1. The number of carbonyl (C=O) groups excluding carboxylic acids is 2. The third-order valence-electron chi connectivity index (χ3n) is 3.76. The minimum absolute atomic E-state index is 0.167. The fraction of sp³-hybridized carbons (Fsp3) is 0.136. The van der Waals surface area contributed by atoms with Gasteiger partial charge in [0.15, 0.2) is 18.9 Å². The number of rotatable bonds is 5. The summed E-state index contributed by atoms with van der Waals surface area (Å²) >= 11 is 0. The van der Waals surface area contributed by atoms with Crippen molar-refractivity contribution in [2.75, 3.05) is 5.32 Å². The van der Waals surface area contributed by atoms with Crippen molar-refractivity contribution in [2.45, 2.75) is 25.3 Å². The zero-order valence-electron chi connectivity index (χ0n) is 16.6. The Morgan fingerprint density at radius 3 is 1.93 bits per heavy atom. The van der Waals surface area contributed by atoms with Crippen molar-refractivity contribution in [3.05, 3.63) is 90.3 Å². The molecule has 3 aromatic rings. The Labute approximate surface area is 175 Å². The summed E-state index contributed by atoms with van der Waals surface area (Å²) < 4.78 is 36.4. The molecule has 1 aromatic heterocycles. The van der Waals surface area contributed by atoms with E-state index in [9.17, 15) is 21.9 Å². The van der Waals surface area contributed by atoms with E-state index in [-0.39, 0.29) is 16.6 Å². The molecule has 0 saturated heterocycles. The molecule has 3 rings (SSSR count). The van der Waals surface area contributed by atoms with Gasteiger partial charge in [0.2, 0.25) is 0 Å². The standard InChI is InChI=1S/C19H15FN2O3S.C3H6O/c20-26(24,25)18-8-6-15(7-9-18)14-22-12-10-17(11-13-22)21-19(23)16-4-2-1-3-5-16;1-3(2)4/h1-13H,14H2;1-2H3/p+1. The van der Waals surface area contributed by atoms with Gasteiger partial charge in [-0.1, -0.05) is 30.3 Å². The molecule has 1 amide bonds. The van der Waals surface area contributed by atoms with Gasteiger partial charge in [-0.15, -0.1) is 3.89 Å². The molecule has 2 aromatic carbocycles. The molecular formula is C22H22FN2O4S+. The van der Waals surface area contributed by atoms with E-state index in [1.807, 2.05) is 10.6 Å². The molecule has 8 heteroatoms. The minimum Gasteiger partial charge on any atom is -0.322 e. The molecule has 156 valence electrons. The molecule has 0 aliphatic heterocycles. The second-order valence-corrected chi connectivity index (χ2v) is 7.92. The molecule has 0 fully saturated rings. The molecule has 6 nitrogen and oxygen atoms in total. The van der Waals surface area contributed by atoms with Crippen LogP contribution in [0.3, 0.4) is 0 Å². The first-order valence-electron chi connectivity index (χ1n) is 9.01. The maximum atomic E-state index is 12.9. The number of halogens is 1. The van der Waals surface area contributed by atoms with Crippen molar-refractivity contribution in [3.8, 4) is 0 Å². The van der Waals surface area contributed by atoms with Crippen LogP contribution >= 0.6 is 0 Å². The van der Waals surface area contributed by atoms with E-state index in [0.29, 0.717) is 17.8 Å². The fourth-order valence-corrected chi connectivity index (χ4v) is 2.87. The van der Waals surface area contributed by atoms with Crippen LogP contribution in [-0.4, -0.2) is 20.1 Å². The normalized spacial score (nSPS) is 10.5. The van der Waals surface area contributed by atoms with E-state index in [2.05, 4.69) is 5.32 Å². The lowest BCUT2D eigenvalue weighted by molar-refractivity contribution is -0.688. The average Bonchev–Trinajstić information content (AvgIpc) is 2.69. The van der Waals surface area contributed by atoms with Crippen molar-refractivity contribution in [1.82, 2.24) is 0 Å². The van der Waals surface area contributed by atoms with Crippen molar-refractivity contribution < 1.29 is 26.5 Å². The summed E-state index contributed by atoms with van der Waals surface area (Å²) in [4.78, 5) is 21.2. The van der Waals surface area contributed by atoms with Gasteiger partial charge in [0, 0.05) is 23.3 Å². The Morgan fingerprint density at radius 1 is 0.900 bits per heavy atom. The van der Waals surface area contributed by atoms with Crippen molar-refractivity contribution in [2.24, 2.45) is 0 Å². The number of anilines is 1. The predicted molar refractivity (Wildman–Crippen MR) is 111 cm³/mol. The van der Waals surface area contributed by atoms with Gasteiger partial charge in [0.25, 0.3) is 5.91 Å². The van der Waals surface area contributed by atoms with Crippen LogP contribution in [0.25, 0.3) is 0 Å². The summed E-state index contributed by atoms with van der Waals surface area (Å²) in [6.45, 7) is 3.54. The second kappa shape index (κ2) is 10.4. The Kier molecular flexibility index (Phi) is 7.94. The lowest BCUT2D eigenvalue weighted by atomic mass is 10.2. The van der Waals surface area contributed by atoms with Gasteiger partial charge in [-0.25, -0.2) is 4.57 Å². The maximum absolute atomic E-state index is 12.9. The van der Waals surface area contributed by atoms with Crippen LogP contribution in [0.4, 0.5) is 9.57 Å². The number of carbonyl (C=O) groups is 2. The molecule has 1 N–H and O–H groups in total. The summed E-state index contributed by atoms with van der Waals surface area (Å²) in [6.07, 6.45) is 3.58. The lowest BCUT2D eigenvalue weighted by Crippen LogP contribution is -2.33. The molecule has 0 saturated carbocycles. The highest BCUT2D eigenvalue weighted by molar-refractivity contribution is 7.86. The fourth-order valence-electron chi connectivity index (χ4n) is 2.41. The highest BCUT2D eigenvalue weighted by Gasteiger charge is 2.12. The van der Waals surface area contributed by atoms with Gasteiger partial charge in [-0.3, -0.25) is 4.79 Å². The van der Waals surface area contributed by atoms with Crippen molar-refractivity contribution in [3.63, 3.8) is 0 Å². The highest BCUT2D eigenvalue weighted by atomic mass is 32.3. The van der Waals surface area contributed by atoms with Gasteiger partial charge >= 0.3 is 10.2 Å². The van der Waals surface area contributed by atoms with Gasteiger partial charge < -0.3 is 10.1 Å². The summed E-state index contributed by atoms with van der Waals surface area (Å²) in [5, 5.41) is 2.81. The molecule has 0 atom stereocenters. The average molecular weight is 429 g/mol. The number of nitrogens with zero attached hydrogens (tertiary/aromatic N) is 1. The zero-order valence-corrected chi connectivity index (χ0v) is 17.4. The third kappa shape index (κ3) is 7.56. The first-order chi connectivity index (χ1) is 14.1. The zero-order chi connectivity index (χ0) is 22.1. The maximum Gasteiger partial charge on any atom is 0.332 e. The number of Topliss-reactive ketones (excluding diaryl/α,β-unsaturated/α-hetero) is 1. The van der Waals surface area contributed by atoms with Crippen LogP contribution in [0.2, 0.25) is 0 Å². The SMILES string of the molecule is CC(C)=O.O=C(Nc1cc[n+](Cc2ccc(S(=O)(=O)F)cc2)cc1)c1ccccc1. The number of hydrogen-bond acceptors (Lipinski definition) is 4. The van der Waals surface area contributed by atoms with Crippen molar-refractivity contribution in [1.29, 1.82) is 0 Å². The van der Waals surface area contributed by atoms with Crippen LogP contribution in [0.5, 0.6) is 0 Å². The Balaban J connectivity index is 0.000000735. The molecule has 0 radical (unpaired) electrons. The minimum atomic E-state index is -4.68. The third-order valence-corrected chi connectivity index (χ3v) is 4.59. The second-order valence-electron chi connectivity index (χ2n) is 6.57. The first kappa shape index (κ1) is 22.9. The lowest BCUT2D eigenvalue weighted by Gasteiger charge is -2.05. The molecule has 0 aliphatic carbocycles. The van der Waals surface area contributed by atoms with E-state index >= 15 is 0 Å². The Bertz CT molecular complexity index is 1090. The van der Waals surface area contributed by atoms with E-state index < -0.39 is 10.2 Å². The molecule has 0 bridgehead atoms. The van der Waals surface area contributed by atoms with Gasteiger partial charge in [0.1, 0.15) is 5.78 Å². The largest absolute Gasteiger partial charge is 0.332 e. The number of amides is 1. The van der Waals surface area contributed by atoms with Gasteiger partial charge in [-0.05, 0) is 38.1 Å². The van der Waals surface area contributed by atoms with Crippen LogP contribution in [0.15, 0.2) is 84.0 Å². The van der Waals surface area contributed by atoms with E-state index in [1.54, 1.807) is 60.9 Å². The Hall–Kier alpha value is -3.39. The summed E-state index contributed by atoms with van der Waals surface area (Å²) in [5.74, 6) is -0.0219. The molecule has 0 aliphatic rings. The number of ketones is 1. The molecule has 1 heterocycles. The molecule has 0 unspecified atom stereocenters. The monoisotopic (exact) mass is 429 g/mol. The van der Waals surface area contributed by atoms with Crippen LogP contribution in [0, 0.1) is 0 Å². The number of benzene rings is 2. The highest BCUT2D eigenvalue weighted by Crippen LogP contribution is 2.13. The van der Waals surface area contributed by atoms with Crippen LogP contribution < -0.4 is 9.88 Å². The quantitative estimate of drug-likeness (QED) is 0.497. The van der Waals surface area contributed by atoms with Gasteiger partial charge in [0.05, 0.1) is 10.6 Å². The molecule has 0 spiro atoms. The van der Waals surface area contributed by atoms with Crippen LogP contribution in [-0.2, 0) is 21.6 Å². The smallest absolute Gasteiger partial charge is 0.322 e. The predicted octanol–water partition coefficient (Wildman–Crippen LogP) is 3.53. The number of hydrogen-bond donors (Lipinski definition) is 1. The summed E-state index contributed by atoms with van der Waals surface area (Å²) in [6, 6.07) is 18.0. The van der Waals surface area contributed by atoms with Crippen molar-refractivity contribution >= 4 is 27.6 Å². The van der Waals surface area contributed by atoms with Gasteiger partial charge in [-0.2, -0.15) is 8.42 Å². The number of nitrogens with one attached hydrogen (secondary N) is 1. The van der Waals surface area contributed by atoms with Crippen LogP contribution in [0.1, 0.15) is 29.8 Å². The van der Waals surface area contributed by atoms with E-state index in [0.717, 1.165) is 5.56 Å². The summed E-state index contributed by atoms with van der Waals surface area (Å²) in [7, 11) is -4.68. The first-order valence-corrected chi connectivity index (χ1v) is 10.4. The molecular weight excluding hydrogens is 407 g/mol. The number of aromatic nitrogens is 1. The molecule has 30 heavy (non-hydrogen) atoms. The van der Waals surface area contributed by atoms with E-state index in [1.165, 1.54) is 26.0 Å². The Morgan fingerprint density at radius 2 is 1.43 bits per heavy atom. The van der Waals surface area contributed by atoms with E-state index in [4.69, 9.17) is 0 Å². The topological polar surface area (TPSA) is 84.2 Å². The summed E-state index contributed by atoms with van der Waals surface area (Å²) in [5.41, 5.74) is 2.06.